The van der Waals surface area contributed by atoms with Crippen molar-refractivity contribution in [1.82, 2.24) is 10.6 Å². The van der Waals surface area contributed by atoms with Gasteiger partial charge in [0.1, 0.15) is 13.2 Å². The maximum absolute atomic E-state index is 12.2. The normalized spacial score (nSPS) is 25.1. The molecule has 3 aliphatic rings. The number of alkyl carbamates (subject to hydrolysis) is 1. The van der Waals surface area contributed by atoms with Crippen LogP contribution in [-0.4, -0.2) is 42.3 Å². The van der Waals surface area contributed by atoms with Gasteiger partial charge in [-0.05, 0) is 53.4 Å². The van der Waals surface area contributed by atoms with Gasteiger partial charge in [0, 0.05) is 12.0 Å². The summed E-state index contributed by atoms with van der Waals surface area (Å²) in [6, 6.07) is 16.2. The van der Waals surface area contributed by atoms with Crippen LogP contribution in [0.1, 0.15) is 36.3 Å². The molecule has 2 aromatic rings. The number of benzene rings is 2. The van der Waals surface area contributed by atoms with Crippen LogP contribution in [0.25, 0.3) is 11.1 Å². The van der Waals surface area contributed by atoms with Gasteiger partial charge in [0.05, 0.1) is 5.92 Å². The molecule has 32 heavy (non-hydrogen) atoms. The van der Waals surface area contributed by atoms with Crippen LogP contribution in [0.5, 0.6) is 0 Å². The summed E-state index contributed by atoms with van der Waals surface area (Å²) in [6.07, 6.45) is 1.50. The Morgan fingerprint density at radius 3 is 2.25 bits per heavy atom. The lowest BCUT2D eigenvalue weighted by atomic mass is 9.71. The first kappa shape index (κ1) is 20.5. The van der Waals surface area contributed by atoms with Crippen LogP contribution in [0.15, 0.2) is 48.5 Å². The lowest BCUT2D eigenvalue weighted by Crippen LogP contribution is -2.52. The molecule has 2 amide bonds. The van der Waals surface area contributed by atoms with Crippen LogP contribution in [0.3, 0.4) is 0 Å². The van der Waals surface area contributed by atoms with Gasteiger partial charge in [0.15, 0.2) is 0 Å². The number of hydrogen-bond donors (Lipinski definition) is 3. The van der Waals surface area contributed by atoms with E-state index in [0.29, 0.717) is 18.8 Å². The zero-order valence-electron chi connectivity index (χ0n) is 17.6. The second-order valence-electron chi connectivity index (χ2n) is 9.02. The zero-order valence-corrected chi connectivity index (χ0v) is 17.6. The largest absolute Gasteiger partial charge is 0.481 e. The molecule has 4 atom stereocenters. The smallest absolute Gasteiger partial charge is 0.407 e. The minimum atomic E-state index is -0.749. The highest BCUT2D eigenvalue weighted by molar-refractivity contribution is 5.83. The molecule has 5 rings (SSSR count). The lowest BCUT2D eigenvalue weighted by molar-refractivity contribution is -0.141. The van der Waals surface area contributed by atoms with Crippen molar-refractivity contribution in [3.05, 3.63) is 59.7 Å². The molecule has 0 aliphatic heterocycles. The summed E-state index contributed by atoms with van der Waals surface area (Å²) in [5.41, 5.74) is 4.59. The highest BCUT2D eigenvalue weighted by Crippen LogP contribution is 2.49. The Balaban J connectivity index is 1.10. The van der Waals surface area contributed by atoms with Gasteiger partial charge in [-0.2, -0.15) is 0 Å². The average molecular weight is 434 g/mol. The third kappa shape index (κ3) is 3.72. The molecule has 7 heteroatoms. The van der Waals surface area contributed by atoms with Crippen molar-refractivity contribution in [1.29, 1.82) is 0 Å². The molecule has 3 aliphatic carbocycles. The van der Waals surface area contributed by atoms with Crippen molar-refractivity contribution in [3.8, 4) is 11.1 Å². The Bertz CT molecular complexity index is 1020. The molecule has 0 aromatic heterocycles. The number of nitrogens with one attached hydrogen (secondary N) is 2. The molecule has 0 heterocycles. The van der Waals surface area contributed by atoms with Gasteiger partial charge < -0.3 is 20.5 Å². The molecule has 3 N–H and O–H groups in total. The predicted molar refractivity (Wildman–Crippen MR) is 117 cm³/mol. The van der Waals surface area contributed by atoms with Crippen molar-refractivity contribution in [2.45, 2.75) is 31.2 Å². The van der Waals surface area contributed by atoms with E-state index in [1.165, 1.54) is 0 Å². The van der Waals surface area contributed by atoms with Crippen molar-refractivity contribution >= 4 is 18.0 Å². The summed E-state index contributed by atoms with van der Waals surface area (Å²) in [5.74, 6) is -0.739. The van der Waals surface area contributed by atoms with Crippen LogP contribution in [0.4, 0.5) is 4.79 Å². The van der Waals surface area contributed by atoms with Crippen LogP contribution in [0.2, 0.25) is 0 Å². The summed E-state index contributed by atoms with van der Waals surface area (Å²) in [4.78, 5) is 35.6. The second kappa shape index (κ2) is 8.30. The molecular formula is C25H26N2O5. The monoisotopic (exact) mass is 434 g/mol. The molecule has 2 aromatic carbocycles. The second-order valence-corrected chi connectivity index (χ2v) is 9.02. The summed E-state index contributed by atoms with van der Waals surface area (Å²) in [7, 11) is 0. The Labute approximate surface area is 186 Å². The third-order valence-corrected chi connectivity index (χ3v) is 7.26. The average Bonchev–Trinajstić information content (AvgIpc) is 3.30. The number of hydrogen-bond acceptors (Lipinski definition) is 4. The minimum absolute atomic E-state index is 0.00108. The van der Waals surface area contributed by atoms with E-state index in [-0.39, 0.29) is 42.9 Å². The number of aliphatic carboxylic acids is 1. The fourth-order valence-electron chi connectivity index (χ4n) is 5.65. The predicted octanol–water partition coefficient (Wildman–Crippen LogP) is 3.14. The van der Waals surface area contributed by atoms with E-state index < -0.39 is 12.1 Å². The van der Waals surface area contributed by atoms with E-state index in [9.17, 15) is 19.5 Å². The molecule has 166 valence electrons. The van der Waals surface area contributed by atoms with Crippen LogP contribution in [0, 0.1) is 17.8 Å². The van der Waals surface area contributed by atoms with Gasteiger partial charge >= 0.3 is 12.1 Å². The van der Waals surface area contributed by atoms with E-state index in [2.05, 4.69) is 34.9 Å². The highest BCUT2D eigenvalue weighted by atomic mass is 16.5. The molecule has 0 saturated heterocycles. The van der Waals surface area contributed by atoms with Gasteiger partial charge in [0.25, 0.3) is 0 Å². The maximum Gasteiger partial charge on any atom is 0.407 e. The summed E-state index contributed by atoms with van der Waals surface area (Å²) in [6.45, 7) is 0.0390. The number of carboxylic acids is 1. The third-order valence-electron chi connectivity index (χ3n) is 7.26. The Morgan fingerprint density at radius 1 is 0.938 bits per heavy atom. The van der Waals surface area contributed by atoms with Gasteiger partial charge in [-0.1, -0.05) is 48.5 Å². The first-order chi connectivity index (χ1) is 15.5. The molecule has 2 fully saturated rings. The van der Waals surface area contributed by atoms with E-state index in [1.807, 2.05) is 24.3 Å². The SMILES string of the molecule is O=C(CNC(=O)OCC1c2ccccc2-c2ccccc21)N[C@H]1C[C@H]2CC(C(=O)O)C[C@H]21. The number of amides is 2. The first-order valence-corrected chi connectivity index (χ1v) is 11.1. The summed E-state index contributed by atoms with van der Waals surface area (Å²) in [5, 5.41) is 14.6. The molecule has 0 bridgehead atoms. The summed E-state index contributed by atoms with van der Waals surface area (Å²) >= 11 is 0. The topological polar surface area (TPSA) is 105 Å². The Morgan fingerprint density at radius 2 is 1.59 bits per heavy atom. The Kier molecular flexibility index (Phi) is 5.33. The standard InChI is InChI=1S/C25H26N2O5/c28-23(27-22-11-14-9-15(24(29)30)10-20(14)22)12-26-25(31)32-13-21-18-7-3-1-5-16(18)17-6-2-4-8-19(17)21/h1-8,14-15,20-22H,9-13H2,(H,26,31)(H,27,28)(H,29,30)/t14-,15?,20-,22+/m1/s1. The van der Waals surface area contributed by atoms with E-state index in [0.717, 1.165) is 28.7 Å². The summed E-state index contributed by atoms with van der Waals surface area (Å²) < 4.78 is 5.45. The molecule has 1 unspecified atom stereocenters. The molecule has 7 nitrogen and oxygen atoms in total. The van der Waals surface area contributed by atoms with Crippen LogP contribution in [-0.2, 0) is 14.3 Å². The lowest BCUT2D eigenvalue weighted by Gasteiger charge is -2.40. The van der Waals surface area contributed by atoms with E-state index in [1.54, 1.807) is 0 Å². The maximum atomic E-state index is 12.2. The van der Waals surface area contributed by atoms with Gasteiger partial charge in [-0.25, -0.2) is 4.79 Å². The molecular weight excluding hydrogens is 408 g/mol. The molecule has 0 spiro atoms. The van der Waals surface area contributed by atoms with Gasteiger partial charge in [-0.15, -0.1) is 0 Å². The van der Waals surface area contributed by atoms with Crippen molar-refractivity contribution in [3.63, 3.8) is 0 Å². The highest BCUT2D eigenvalue weighted by Gasteiger charge is 2.49. The molecule has 2 saturated carbocycles. The fraction of sp³-hybridized carbons (Fsp3) is 0.400. The number of carboxylic acid groups (broad SMARTS) is 1. The van der Waals surface area contributed by atoms with Crippen molar-refractivity contribution in [2.24, 2.45) is 17.8 Å². The van der Waals surface area contributed by atoms with Gasteiger partial charge in [0.2, 0.25) is 5.91 Å². The molecule has 0 radical (unpaired) electrons. The quantitative estimate of drug-likeness (QED) is 0.648. The van der Waals surface area contributed by atoms with Crippen LogP contribution < -0.4 is 10.6 Å². The number of rotatable bonds is 6. The number of ether oxygens (including phenoxy) is 1. The minimum Gasteiger partial charge on any atom is -0.481 e. The number of carbonyl (C=O) groups excluding carboxylic acids is 2. The number of carbonyl (C=O) groups is 3. The van der Waals surface area contributed by atoms with E-state index in [4.69, 9.17) is 4.74 Å². The zero-order chi connectivity index (χ0) is 22.2. The van der Waals surface area contributed by atoms with Crippen molar-refractivity contribution in [2.75, 3.05) is 13.2 Å². The van der Waals surface area contributed by atoms with Crippen molar-refractivity contribution < 1.29 is 24.2 Å². The van der Waals surface area contributed by atoms with Crippen LogP contribution >= 0.6 is 0 Å². The Hall–Kier alpha value is -3.35. The van der Waals surface area contributed by atoms with E-state index >= 15 is 0 Å². The number of fused-ring (bicyclic) bond motifs is 4. The fourth-order valence-corrected chi connectivity index (χ4v) is 5.65. The van der Waals surface area contributed by atoms with Gasteiger partial charge in [-0.3, -0.25) is 9.59 Å². The first-order valence-electron chi connectivity index (χ1n) is 11.1.